The average Bonchev–Trinajstić information content (AvgIpc) is 2.40. The van der Waals surface area contributed by atoms with E-state index in [1.165, 1.54) is 6.07 Å². The largest absolute Gasteiger partial charge is 0.394 e. The Morgan fingerprint density at radius 1 is 1.37 bits per heavy atom. The minimum absolute atomic E-state index is 0.350. The third kappa shape index (κ3) is 4.93. The van der Waals surface area contributed by atoms with Crippen molar-refractivity contribution in [1.82, 2.24) is 0 Å². The van der Waals surface area contributed by atoms with E-state index in [2.05, 4.69) is 10.5 Å². The van der Waals surface area contributed by atoms with Crippen molar-refractivity contribution in [1.29, 1.82) is 0 Å². The lowest BCUT2D eigenvalue weighted by atomic mass is 10.1. The topological polar surface area (TPSA) is 85.1 Å². The van der Waals surface area contributed by atoms with Crippen LogP contribution in [0.2, 0.25) is 10.0 Å². The van der Waals surface area contributed by atoms with Crippen LogP contribution in [0, 0.1) is 0 Å². The van der Waals surface area contributed by atoms with E-state index in [9.17, 15) is 9.50 Å². The first-order valence-corrected chi connectivity index (χ1v) is 6.06. The maximum Gasteiger partial charge on any atom is 0.159 e. The molecule has 0 saturated heterocycles. The molecule has 3 atom stereocenters. The van der Waals surface area contributed by atoms with Crippen LogP contribution in [0.1, 0.15) is 0 Å². The van der Waals surface area contributed by atoms with Gasteiger partial charge in [0.15, 0.2) is 6.17 Å². The summed E-state index contributed by atoms with van der Waals surface area (Å²) in [5.41, 5.74) is 2.86. The molecule has 0 bridgehead atoms. The van der Waals surface area contributed by atoms with Crippen LogP contribution in [-0.2, 0) is 0 Å². The summed E-state index contributed by atoms with van der Waals surface area (Å²) >= 11 is 11.6. The number of nitrogens with zero attached hydrogens (tertiary/aromatic N) is 1. The highest BCUT2D eigenvalue weighted by Gasteiger charge is 2.24. The number of rotatable bonds is 6. The fraction of sp³-hybridized carbons (Fsp3) is 0.364. The number of aliphatic hydroxyl groups is 3. The SMILES string of the molecule is OC[C@@H](O)[C@H](F)[C@@H](O)C=NNc1cc(Cl)ccc1Cl. The molecule has 4 N–H and O–H groups in total. The molecule has 0 unspecified atom stereocenters. The second kappa shape index (κ2) is 7.62. The van der Waals surface area contributed by atoms with Crippen molar-refractivity contribution < 1.29 is 19.7 Å². The normalized spacial score (nSPS) is 16.3. The van der Waals surface area contributed by atoms with Crippen LogP contribution >= 0.6 is 23.2 Å². The van der Waals surface area contributed by atoms with E-state index >= 15 is 0 Å². The van der Waals surface area contributed by atoms with Gasteiger partial charge in [-0.05, 0) is 18.2 Å². The van der Waals surface area contributed by atoms with Crippen molar-refractivity contribution in [3.63, 3.8) is 0 Å². The van der Waals surface area contributed by atoms with Gasteiger partial charge in [0.2, 0.25) is 0 Å². The van der Waals surface area contributed by atoms with E-state index in [-0.39, 0.29) is 0 Å². The minimum Gasteiger partial charge on any atom is -0.394 e. The maximum absolute atomic E-state index is 13.2. The van der Waals surface area contributed by atoms with Gasteiger partial charge < -0.3 is 15.3 Å². The van der Waals surface area contributed by atoms with Gasteiger partial charge >= 0.3 is 0 Å². The molecule has 0 saturated carbocycles. The molecular weight excluding hydrogens is 298 g/mol. The number of anilines is 1. The number of hydrogen-bond donors (Lipinski definition) is 4. The van der Waals surface area contributed by atoms with E-state index in [4.69, 9.17) is 33.4 Å². The Bertz CT molecular complexity index is 448. The molecule has 0 aliphatic heterocycles. The lowest BCUT2D eigenvalue weighted by Crippen LogP contribution is -2.37. The highest BCUT2D eigenvalue weighted by atomic mass is 35.5. The Morgan fingerprint density at radius 3 is 2.68 bits per heavy atom. The van der Waals surface area contributed by atoms with Crippen LogP contribution in [0.3, 0.4) is 0 Å². The van der Waals surface area contributed by atoms with Crippen molar-refractivity contribution in [2.75, 3.05) is 12.0 Å². The molecule has 0 aromatic heterocycles. The number of nitrogens with one attached hydrogen (secondary N) is 1. The highest BCUT2D eigenvalue weighted by Crippen LogP contribution is 2.25. The van der Waals surface area contributed by atoms with Gasteiger partial charge in [-0.1, -0.05) is 23.2 Å². The number of hydrogen-bond acceptors (Lipinski definition) is 5. The highest BCUT2D eigenvalue weighted by molar-refractivity contribution is 6.35. The summed E-state index contributed by atoms with van der Waals surface area (Å²) in [6.07, 6.45) is -4.52. The van der Waals surface area contributed by atoms with Crippen LogP contribution in [-0.4, -0.2) is 46.5 Å². The lowest BCUT2D eigenvalue weighted by Gasteiger charge is -2.15. The smallest absolute Gasteiger partial charge is 0.159 e. The number of hydrazone groups is 1. The number of alkyl halides is 1. The molecule has 0 amide bonds. The Balaban J connectivity index is 2.60. The predicted octanol–water partition coefficient (Wildman–Crippen LogP) is 1.44. The van der Waals surface area contributed by atoms with E-state index in [1.54, 1.807) is 12.1 Å². The van der Waals surface area contributed by atoms with E-state index in [0.29, 0.717) is 15.7 Å². The number of halogens is 3. The summed E-state index contributed by atoms with van der Waals surface area (Å²) < 4.78 is 13.2. The fourth-order valence-corrected chi connectivity index (χ4v) is 1.51. The van der Waals surface area contributed by atoms with Gasteiger partial charge in [0.25, 0.3) is 0 Å². The monoisotopic (exact) mass is 310 g/mol. The van der Waals surface area contributed by atoms with Crippen LogP contribution in [0.5, 0.6) is 0 Å². The molecule has 0 heterocycles. The van der Waals surface area contributed by atoms with E-state index < -0.39 is 25.0 Å². The first-order chi connectivity index (χ1) is 8.95. The lowest BCUT2D eigenvalue weighted by molar-refractivity contribution is -0.0109. The van der Waals surface area contributed by atoms with Gasteiger partial charge in [0.05, 0.1) is 23.5 Å². The average molecular weight is 311 g/mol. The third-order valence-corrected chi connectivity index (χ3v) is 2.79. The van der Waals surface area contributed by atoms with Gasteiger partial charge in [0, 0.05) is 5.02 Å². The molecule has 0 radical (unpaired) electrons. The first-order valence-electron chi connectivity index (χ1n) is 5.31. The molecule has 19 heavy (non-hydrogen) atoms. The van der Waals surface area contributed by atoms with Crippen molar-refractivity contribution >= 4 is 35.1 Å². The molecule has 106 valence electrons. The summed E-state index contributed by atoms with van der Waals surface area (Å²) in [4.78, 5) is 0. The maximum atomic E-state index is 13.2. The summed E-state index contributed by atoms with van der Waals surface area (Å²) in [5.74, 6) is 0. The van der Waals surface area contributed by atoms with Crippen LogP contribution in [0.25, 0.3) is 0 Å². The van der Waals surface area contributed by atoms with Gasteiger partial charge in [0.1, 0.15) is 12.2 Å². The zero-order valence-corrected chi connectivity index (χ0v) is 11.2. The van der Waals surface area contributed by atoms with Crippen LogP contribution in [0.15, 0.2) is 23.3 Å². The van der Waals surface area contributed by atoms with Gasteiger partial charge in [-0.25, -0.2) is 4.39 Å². The van der Waals surface area contributed by atoms with Crippen molar-refractivity contribution in [2.24, 2.45) is 5.10 Å². The fourth-order valence-electron chi connectivity index (χ4n) is 1.18. The zero-order valence-electron chi connectivity index (χ0n) is 9.67. The quantitative estimate of drug-likeness (QED) is 0.473. The Kier molecular flexibility index (Phi) is 6.47. The second-order valence-electron chi connectivity index (χ2n) is 3.70. The second-order valence-corrected chi connectivity index (χ2v) is 4.54. The summed E-state index contributed by atoms with van der Waals surface area (Å²) in [6, 6.07) is 4.64. The molecule has 1 aromatic rings. The van der Waals surface area contributed by atoms with Gasteiger partial charge in [-0.15, -0.1) is 0 Å². The van der Waals surface area contributed by atoms with Gasteiger partial charge in [-0.3, -0.25) is 5.43 Å². The Hall–Kier alpha value is -0.920. The Labute approximate surface area is 119 Å². The molecule has 0 spiro atoms. The number of aliphatic hydroxyl groups excluding tert-OH is 3. The third-order valence-electron chi connectivity index (χ3n) is 2.22. The molecule has 8 heteroatoms. The molecule has 1 aromatic carbocycles. The van der Waals surface area contributed by atoms with Crippen LogP contribution in [0.4, 0.5) is 10.1 Å². The number of benzene rings is 1. The molecule has 0 aliphatic carbocycles. The van der Waals surface area contributed by atoms with Gasteiger partial charge in [-0.2, -0.15) is 5.10 Å². The molecule has 0 aliphatic rings. The molecule has 1 rings (SSSR count). The van der Waals surface area contributed by atoms with Crippen molar-refractivity contribution in [3.8, 4) is 0 Å². The zero-order chi connectivity index (χ0) is 14.4. The molecule has 0 fully saturated rings. The predicted molar refractivity (Wildman–Crippen MR) is 72.6 cm³/mol. The minimum atomic E-state index is -2.04. The van der Waals surface area contributed by atoms with E-state index in [1.807, 2.05) is 0 Å². The Morgan fingerprint density at radius 2 is 2.05 bits per heavy atom. The molecule has 5 nitrogen and oxygen atoms in total. The summed E-state index contributed by atoms with van der Waals surface area (Å²) in [7, 11) is 0. The van der Waals surface area contributed by atoms with E-state index in [0.717, 1.165) is 6.21 Å². The van der Waals surface area contributed by atoms with Crippen molar-refractivity contribution in [3.05, 3.63) is 28.2 Å². The first kappa shape index (κ1) is 16.1. The summed E-state index contributed by atoms with van der Waals surface area (Å²) in [5, 5.41) is 31.2. The summed E-state index contributed by atoms with van der Waals surface area (Å²) in [6.45, 7) is -0.792. The van der Waals surface area contributed by atoms with Crippen molar-refractivity contribution in [2.45, 2.75) is 18.4 Å². The standard InChI is InChI=1S/C11H13Cl2FN2O3/c12-6-1-2-7(13)8(3-6)16-15-4-9(18)11(14)10(19)5-17/h1-4,9-11,16-19H,5H2/t9-,10+,11+/m0/s1. The van der Waals surface area contributed by atoms with Crippen LogP contribution < -0.4 is 5.43 Å². The molecular formula is C11H13Cl2FN2O3.